The summed E-state index contributed by atoms with van der Waals surface area (Å²) in [5.74, 6) is -0.559. The zero-order chi connectivity index (χ0) is 20.8. The second kappa shape index (κ2) is 7.02. The standard InChI is InChI=1S/C19H19N7O4/c27-13-5-4-12(16(28)22-13)26-17(29)11-3-1-2-9(14(11)18(26)30)8-21-19-23-15(24-25-19)10-6-20-7-10/h1-3,10,12,20H,4-8H2,(H,22,27,28)(H2,21,23,24,25). The van der Waals surface area contributed by atoms with Crippen molar-refractivity contribution in [1.29, 1.82) is 0 Å². The quantitative estimate of drug-likeness (QED) is 0.483. The van der Waals surface area contributed by atoms with Crippen molar-refractivity contribution >= 4 is 29.6 Å². The minimum Gasteiger partial charge on any atom is -0.349 e. The van der Waals surface area contributed by atoms with Crippen LogP contribution in [0.1, 0.15) is 50.9 Å². The fraction of sp³-hybridized carbons (Fsp3) is 0.368. The highest BCUT2D eigenvalue weighted by Crippen LogP contribution is 2.30. The lowest BCUT2D eigenvalue weighted by Gasteiger charge is -2.27. The van der Waals surface area contributed by atoms with Crippen LogP contribution in [0, 0.1) is 0 Å². The number of nitrogens with zero attached hydrogens (tertiary/aromatic N) is 3. The number of aromatic amines is 1. The summed E-state index contributed by atoms with van der Waals surface area (Å²) in [5.41, 5.74) is 1.12. The van der Waals surface area contributed by atoms with Gasteiger partial charge in [-0.25, -0.2) is 0 Å². The molecule has 1 atom stereocenters. The number of carbonyl (C=O) groups excluding carboxylic acids is 4. The molecular formula is C19H19N7O4. The highest BCUT2D eigenvalue weighted by molar-refractivity contribution is 6.24. The SMILES string of the molecule is O=C1CCC(N2C(=O)c3cccc(CNc4n[nH]c(C5CNC5)n4)c3C2=O)C(=O)N1. The van der Waals surface area contributed by atoms with Crippen LogP contribution in [0.2, 0.25) is 0 Å². The van der Waals surface area contributed by atoms with Crippen molar-refractivity contribution in [2.45, 2.75) is 31.3 Å². The topological polar surface area (TPSA) is 149 Å². The Kier molecular flexibility index (Phi) is 4.31. The summed E-state index contributed by atoms with van der Waals surface area (Å²) in [6.07, 6.45) is 0.210. The fourth-order valence-corrected chi connectivity index (χ4v) is 3.92. The molecule has 0 bridgehead atoms. The first-order chi connectivity index (χ1) is 14.5. The summed E-state index contributed by atoms with van der Waals surface area (Å²) < 4.78 is 0. The molecule has 0 saturated carbocycles. The number of piperidine rings is 1. The van der Waals surface area contributed by atoms with E-state index in [9.17, 15) is 19.2 Å². The van der Waals surface area contributed by atoms with E-state index in [0.29, 0.717) is 17.4 Å². The van der Waals surface area contributed by atoms with Crippen molar-refractivity contribution in [3.8, 4) is 0 Å². The Bertz CT molecular complexity index is 1070. The van der Waals surface area contributed by atoms with Crippen LogP contribution in [0.25, 0.3) is 0 Å². The molecule has 0 aliphatic carbocycles. The fourth-order valence-electron chi connectivity index (χ4n) is 3.92. The third kappa shape index (κ3) is 2.94. The van der Waals surface area contributed by atoms with Crippen LogP contribution in [0.5, 0.6) is 0 Å². The van der Waals surface area contributed by atoms with Crippen LogP contribution in [0.4, 0.5) is 5.95 Å². The van der Waals surface area contributed by atoms with E-state index in [1.54, 1.807) is 18.2 Å². The number of aromatic nitrogens is 3. The lowest BCUT2D eigenvalue weighted by atomic mass is 10.0. The molecule has 11 heteroatoms. The number of benzene rings is 1. The molecule has 1 aromatic heterocycles. The Morgan fingerprint density at radius 3 is 2.70 bits per heavy atom. The van der Waals surface area contributed by atoms with E-state index >= 15 is 0 Å². The molecule has 0 spiro atoms. The number of nitrogens with one attached hydrogen (secondary N) is 4. The number of hydrogen-bond acceptors (Lipinski definition) is 8. The van der Waals surface area contributed by atoms with Crippen LogP contribution >= 0.6 is 0 Å². The first-order valence-corrected chi connectivity index (χ1v) is 9.73. The van der Waals surface area contributed by atoms with Crippen molar-refractivity contribution in [3.05, 3.63) is 40.7 Å². The molecule has 4 heterocycles. The second-order valence-electron chi connectivity index (χ2n) is 7.54. The number of H-pyrrole nitrogens is 1. The van der Waals surface area contributed by atoms with Gasteiger partial charge in [0.05, 0.1) is 11.1 Å². The van der Waals surface area contributed by atoms with Gasteiger partial charge in [-0.1, -0.05) is 12.1 Å². The Labute approximate surface area is 170 Å². The summed E-state index contributed by atoms with van der Waals surface area (Å²) in [4.78, 5) is 54.9. The summed E-state index contributed by atoms with van der Waals surface area (Å²) in [7, 11) is 0. The van der Waals surface area contributed by atoms with E-state index in [2.05, 4.69) is 31.1 Å². The van der Waals surface area contributed by atoms with Gasteiger partial charge in [-0.15, -0.1) is 5.10 Å². The summed E-state index contributed by atoms with van der Waals surface area (Å²) in [6, 6.07) is 4.02. The Morgan fingerprint density at radius 2 is 1.97 bits per heavy atom. The number of rotatable bonds is 5. The zero-order valence-corrected chi connectivity index (χ0v) is 15.9. The first-order valence-electron chi connectivity index (χ1n) is 9.73. The molecule has 2 saturated heterocycles. The lowest BCUT2D eigenvalue weighted by Crippen LogP contribution is -2.54. The first kappa shape index (κ1) is 18.4. The molecule has 2 fully saturated rings. The third-order valence-electron chi connectivity index (χ3n) is 5.66. The average Bonchev–Trinajstić information content (AvgIpc) is 3.23. The zero-order valence-electron chi connectivity index (χ0n) is 15.9. The van der Waals surface area contributed by atoms with E-state index in [-0.39, 0.29) is 30.5 Å². The molecular weight excluding hydrogens is 390 g/mol. The van der Waals surface area contributed by atoms with Crippen molar-refractivity contribution in [2.75, 3.05) is 18.4 Å². The van der Waals surface area contributed by atoms with Crippen LogP contribution in [-0.4, -0.2) is 62.8 Å². The number of fused-ring (bicyclic) bond motifs is 1. The molecule has 154 valence electrons. The number of anilines is 1. The molecule has 4 N–H and O–H groups in total. The number of amides is 4. The van der Waals surface area contributed by atoms with Gasteiger partial charge in [0.15, 0.2) is 0 Å². The minimum atomic E-state index is -0.984. The molecule has 0 radical (unpaired) electrons. The average molecular weight is 409 g/mol. The molecule has 11 nitrogen and oxygen atoms in total. The maximum absolute atomic E-state index is 13.1. The van der Waals surface area contributed by atoms with E-state index in [1.807, 2.05) is 0 Å². The van der Waals surface area contributed by atoms with Crippen molar-refractivity contribution in [1.82, 2.24) is 30.7 Å². The minimum absolute atomic E-state index is 0.0852. The van der Waals surface area contributed by atoms with Gasteiger partial charge in [-0.2, -0.15) is 4.98 Å². The number of hydrogen-bond donors (Lipinski definition) is 4. The van der Waals surface area contributed by atoms with Crippen LogP contribution in [0.15, 0.2) is 18.2 Å². The van der Waals surface area contributed by atoms with Gasteiger partial charge >= 0.3 is 0 Å². The summed E-state index contributed by atoms with van der Waals surface area (Å²) >= 11 is 0. The van der Waals surface area contributed by atoms with Gasteiger partial charge in [0, 0.05) is 32.0 Å². The second-order valence-corrected chi connectivity index (χ2v) is 7.54. The Morgan fingerprint density at radius 1 is 1.13 bits per heavy atom. The molecule has 30 heavy (non-hydrogen) atoms. The van der Waals surface area contributed by atoms with Gasteiger partial charge in [0.1, 0.15) is 11.9 Å². The lowest BCUT2D eigenvalue weighted by molar-refractivity contribution is -0.136. The largest absolute Gasteiger partial charge is 0.349 e. The van der Waals surface area contributed by atoms with Gasteiger partial charge < -0.3 is 10.6 Å². The van der Waals surface area contributed by atoms with Gasteiger partial charge in [0.2, 0.25) is 17.8 Å². The summed E-state index contributed by atoms with van der Waals surface area (Å²) in [6.45, 7) is 1.95. The maximum atomic E-state index is 13.1. The summed E-state index contributed by atoms with van der Waals surface area (Å²) in [5, 5.41) is 15.5. The third-order valence-corrected chi connectivity index (χ3v) is 5.66. The molecule has 1 aromatic carbocycles. The predicted octanol–water partition coefficient (Wildman–Crippen LogP) is -0.495. The number of imide groups is 2. The Balaban J connectivity index is 1.36. The van der Waals surface area contributed by atoms with E-state index in [1.165, 1.54) is 0 Å². The highest BCUT2D eigenvalue weighted by Gasteiger charge is 2.45. The molecule has 3 aliphatic heterocycles. The van der Waals surface area contributed by atoms with E-state index in [4.69, 9.17) is 0 Å². The van der Waals surface area contributed by atoms with Gasteiger partial charge in [-0.3, -0.25) is 34.5 Å². The highest BCUT2D eigenvalue weighted by atomic mass is 16.2. The maximum Gasteiger partial charge on any atom is 0.262 e. The molecule has 2 aromatic rings. The Hall–Kier alpha value is -3.60. The molecule has 1 unspecified atom stereocenters. The molecule has 5 rings (SSSR count). The van der Waals surface area contributed by atoms with Gasteiger partial charge in [-0.05, 0) is 18.1 Å². The monoisotopic (exact) mass is 409 g/mol. The van der Waals surface area contributed by atoms with Crippen molar-refractivity contribution < 1.29 is 19.2 Å². The van der Waals surface area contributed by atoms with Crippen molar-refractivity contribution in [3.63, 3.8) is 0 Å². The number of carbonyl (C=O) groups is 4. The van der Waals surface area contributed by atoms with Crippen molar-refractivity contribution in [2.24, 2.45) is 0 Å². The van der Waals surface area contributed by atoms with Gasteiger partial charge in [0.25, 0.3) is 11.8 Å². The van der Waals surface area contributed by atoms with E-state index < -0.39 is 29.7 Å². The smallest absolute Gasteiger partial charge is 0.262 e. The van der Waals surface area contributed by atoms with E-state index in [0.717, 1.165) is 23.8 Å². The molecule has 4 amide bonds. The predicted molar refractivity (Wildman–Crippen MR) is 102 cm³/mol. The molecule has 3 aliphatic rings. The normalized spacial score (nSPS) is 21.5. The van der Waals surface area contributed by atoms with Crippen LogP contribution < -0.4 is 16.0 Å². The van der Waals surface area contributed by atoms with Crippen LogP contribution in [0.3, 0.4) is 0 Å². The van der Waals surface area contributed by atoms with Crippen LogP contribution in [-0.2, 0) is 16.1 Å².